The largest absolute Gasteiger partial charge is 0.479 e. The van der Waals surface area contributed by atoms with Crippen LogP contribution < -0.4 is 4.74 Å². The Hall–Kier alpha value is -1.75. The molecule has 1 heterocycles. The molecule has 1 aliphatic heterocycles. The molecule has 0 radical (unpaired) electrons. The Morgan fingerprint density at radius 1 is 1.24 bits per heavy atom. The first-order chi connectivity index (χ1) is 13.5. The maximum absolute atomic E-state index is 11.3. The smallest absolute Gasteiger partial charge is 0.335 e. The number of aliphatic hydroxyl groups excluding tert-OH is 3. The Morgan fingerprint density at radius 3 is 2.45 bits per heavy atom. The summed E-state index contributed by atoms with van der Waals surface area (Å²) in [5.41, 5.74) is -0.526. The zero-order valence-corrected chi connectivity index (χ0v) is 17.1. The number of ether oxygens (including phenoxy) is 2. The molecule has 0 bridgehead atoms. The molecule has 2 rings (SSSR count). The lowest BCUT2D eigenvalue weighted by Gasteiger charge is -2.39. The number of hydrogen-bond acceptors (Lipinski definition) is 8. The fourth-order valence-corrected chi connectivity index (χ4v) is 3.66. The van der Waals surface area contributed by atoms with E-state index in [4.69, 9.17) is 14.6 Å². The van der Waals surface area contributed by atoms with E-state index < -0.39 is 42.3 Å². The third kappa shape index (κ3) is 5.06. The van der Waals surface area contributed by atoms with Crippen LogP contribution in [0.2, 0.25) is 0 Å². The van der Waals surface area contributed by atoms with Crippen molar-refractivity contribution >= 4 is 5.97 Å². The molecule has 1 aliphatic rings. The van der Waals surface area contributed by atoms with Crippen LogP contribution in [0.25, 0.3) is 0 Å². The van der Waals surface area contributed by atoms with E-state index in [1.165, 1.54) is 0 Å². The molecule has 0 spiro atoms. The van der Waals surface area contributed by atoms with Gasteiger partial charge in [-0.3, -0.25) is 0 Å². The Morgan fingerprint density at radius 2 is 1.90 bits per heavy atom. The van der Waals surface area contributed by atoms with E-state index in [1.807, 2.05) is 32.8 Å². The first-order valence-electron chi connectivity index (χ1n) is 9.58. The molecule has 1 aromatic rings. The lowest BCUT2D eigenvalue weighted by Crippen LogP contribution is -2.61. The number of carbonyl (C=O) groups is 1. The Kier molecular flexibility index (Phi) is 7.61. The van der Waals surface area contributed by atoms with E-state index in [0.717, 1.165) is 0 Å². The average Bonchev–Trinajstić information content (AvgIpc) is 2.67. The fourth-order valence-electron chi connectivity index (χ4n) is 3.66. The molecule has 4 unspecified atom stereocenters. The van der Waals surface area contributed by atoms with Gasteiger partial charge in [-0.05, 0) is 38.2 Å². The number of nitrogens with zero attached hydrogens (tertiary/aromatic N) is 1. The minimum absolute atomic E-state index is 0.0948. The molecule has 0 aromatic heterocycles. The molecule has 1 fully saturated rings. The zero-order valence-electron chi connectivity index (χ0n) is 17.1. The number of aliphatic carboxylic acids is 1. The number of aliphatic hydroxyl groups is 4. The van der Waals surface area contributed by atoms with Crippen molar-refractivity contribution in [2.24, 2.45) is 5.92 Å². The number of carboxylic acid groups (broad SMARTS) is 1. The van der Waals surface area contributed by atoms with Gasteiger partial charge in [0, 0.05) is 12.5 Å². The van der Waals surface area contributed by atoms with Crippen molar-refractivity contribution in [2.75, 3.05) is 20.6 Å². The summed E-state index contributed by atoms with van der Waals surface area (Å²) in [5, 5.41) is 50.2. The van der Waals surface area contributed by atoms with E-state index in [9.17, 15) is 25.2 Å². The molecular formula is C20H31NO8. The van der Waals surface area contributed by atoms with Crippen LogP contribution in [0.1, 0.15) is 25.8 Å². The van der Waals surface area contributed by atoms with E-state index in [1.54, 1.807) is 24.3 Å². The SMILES string of the molecule is CCC(O)(c1cccc(O[C@@H]2OC(C(=O)O)[C@@H](O)[C@@H](O)C2O)c1)C(C)CN(C)C. The van der Waals surface area contributed by atoms with Crippen LogP contribution in [-0.4, -0.2) is 87.7 Å². The van der Waals surface area contributed by atoms with Gasteiger partial charge in [-0.25, -0.2) is 4.79 Å². The van der Waals surface area contributed by atoms with Gasteiger partial charge in [-0.1, -0.05) is 26.0 Å². The van der Waals surface area contributed by atoms with Crippen LogP contribution >= 0.6 is 0 Å². The van der Waals surface area contributed by atoms with Gasteiger partial charge in [0.1, 0.15) is 24.1 Å². The summed E-state index contributed by atoms with van der Waals surface area (Å²) in [6.07, 6.45) is -7.97. The Balaban J connectivity index is 2.25. The number of benzene rings is 1. The van der Waals surface area contributed by atoms with Crippen molar-refractivity contribution in [1.82, 2.24) is 4.90 Å². The summed E-state index contributed by atoms with van der Waals surface area (Å²) in [7, 11) is 3.85. The van der Waals surface area contributed by atoms with Crippen molar-refractivity contribution in [3.05, 3.63) is 29.8 Å². The summed E-state index contributed by atoms with van der Waals surface area (Å²) >= 11 is 0. The van der Waals surface area contributed by atoms with Crippen LogP contribution in [0.4, 0.5) is 0 Å². The molecular weight excluding hydrogens is 382 g/mol. The van der Waals surface area contributed by atoms with E-state index >= 15 is 0 Å². The highest BCUT2D eigenvalue weighted by Crippen LogP contribution is 2.35. The normalized spacial score (nSPS) is 30.6. The van der Waals surface area contributed by atoms with Gasteiger partial charge in [-0.2, -0.15) is 0 Å². The third-order valence-corrected chi connectivity index (χ3v) is 5.39. The van der Waals surface area contributed by atoms with Crippen LogP contribution in [-0.2, 0) is 15.1 Å². The predicted octanol–water partition coefficient (Wildman–Crippen LogP) is -0.247. The van der Waals surface area contributed by atoms with Gasteiger partial charge >= 0.3 is 5.97 Å². The van der Waals surface area contributed by atoms with Gasteiger partial charge in [0.15, 0.2) is 6.10 Å². The Labute approximate surface area is 170 Å². The van der Waals surface area contributed by atoms with Gasteiger partial charge in [0.2, 0.25) is 6.29 Å². The second-order valence-electron chi connectivity index (χ2n) is 7.82. The van der Waals surface area contributed by atoms with Gasteiger partial charge in [0.05, 0.1) is 5.60 Å². The molecule has 0 amide bonds. The monoisotopic (exact) mass is 413 g/mol. The maximum Gasteiger partial charge on any atom is 0.335 e. The van der Waals surface area contributed by atoms with E-state index in [0.29, 0.717) is 18.5 Å². The number of rotatable bonds is 8. The molecule has 7 atom stereocenters. The van der Waals surface area contributed by atoms with Crippen molar-refractivity contribution in [2.45, 2.75) is 56.6 Å². The molecule has 1 saturated heterocycles. The summed E-state index contributed by atoms with van der Waals surface area (Å²) in [6.45, 7) is 4.48. The topological polar surface area (TPSA) is 140 Å². The molecule has 29 heavy (non-hydrogen) atoms. The lowest BCUT2D eigenvalue weighted by molar-refractivity contribution is -0.271. The van der Waals surface area contributed by atoms with Crippen LogP contribution in [0.3, 0.4) is 0 Å². The van der Waals surface area contributed by atoms with E-state index in [2.05, 4.69) is 0 Å². The van der Waals surface area contributed by atoms with Crippen LogP contribution in [0.15, 0.2) is 24.3 Å². The fraction of sp³-hybridized carbons (Fsp3) is 0.650. The summed E-state index contributed by atoms with van der Waals surface area (Å²) < 4.78 is 10.7. The third-order valence-electron chi connectivity index (χ3n) is 5.39. The van der Waals surface area contributed by atoms with Gasteiger partial charge in [0.25, 0.3) is 0 Å². The summed E-state index contributed by atoms with van der Waals surface area (Å²) in [6, 6.07) is 6.60. The quantitative estimate of drug-likeness (QED) is 0.390. The van der Waals surface area contributed by atoms with E-state index in [-0.39, 0.29) is 11.7 Å². The number of carboxylic acids is 1. The van der Waals surface area contributed by atoms with Crippen molar-refractivity contribution in [1.29, 1.82) is 0 Å². The standard InChI is InChI=1S/C20H31NO8/c1-5-20(27,11(2)10-21(3)4)12-7-6-8-13(9-12)28-19-16(24)14(22)15(23)17(29-19)18(25)26/h6-9,11,14-17,19,22-24,27H,5,10H2,1-4H3,(H,25,26)/t11?,14-,15+,16?,17?,19-,20?/m1/s1. The molecule has 9 heteroatoms. The molecule has 164 valence electrons. The molecule has 1 aromatic carbocycles. The zero-order chi connectivity index (χ0) is 21.9. The van der Waals surface area contributed by atoms with Crippen molar-refractivity contribution in [3.63, 3.8) is 0 Å². The highest BCUT2D eigenvalue weighted by atomic mass is 16.7. The van der Waals surface area contributed by atoms with Crippen LogP contribution in [0, 0.1) is 5.92 Å². The molecule has 9 nitrogen and oxygen atoms in total. The van der Waals surface area contributed by atoms with Crippen molar-refractivity contribution in [3.8, 4) is 5.75 Å². The predicted molar refractivity (Wildman–Crippen MR) is 103 cm³/mol. The van der Waals surface area contributed by atoms with Crippen molar-refractivity contribution < 1.29 is 39.8 Å². The first kappa shape index (κ1) is 23.5. The molecule has 5 N–H and O–H groups in total. The summed E-state index contributed by atoms with van der Waals surface area (Å²) in [4.78, 5) is 13.2. The minimum Gasteiger partial charge on any atom is -0.479 e. The summed E-state index contributed by atoms with van der Waals surface area (Å²) in [5.74, 6) is -1.35. The highest BCUT2D eigenvalue weighted by molar-refractivity contribution is 5.73. The highest BCUT2D eigenvalue weighted by Gasteiger charge is 2.48. The minimum atomic E-state index is -1.79. The second-order valence-corrected chi connectivity index (χ2v) is 7.82. The van der Waals surface area contributed by atoms with Crippen LogP contribution in [0.5, 0.6) is 5.75 Å². The van der Waals surface area contributed by atoms with Gasteiger partial charge in [-0.15, -0.1) is 0 Å². The average molecular weight is 413 g/mol. The second kappa shape index (κ2) is 9.38. The molecule has 0 aliphatic carbocycles. The van der Waals surface area contributed by atoms with Gasteiger partial charge < -0.3 is 39.9 Å². The molecule has 0 saturated carbocycles. The number of hydrogen-bond donors (Lipinski definition) is 5. The maximum atomic E-state index is 11.3. The lowest BCUT2D eigenvalue weighted by atomic mass is 9.80. The Bertz CT molecular complexity index is 699. The first-order valence-corrected chi connectivity index (χ1v) is 9.58.